The lowest BCUT2D eigenvalue weighted by Gasteiger charge is -2.11. The minimum absolute atomic E-state index is 0.532. The highest BCUT2D eigenvalue weighted by atomic mass is 15.0. The van der Waals surface area contributed by atoms with E-state index in [2.05, 4.69) is 125 Å². The molecule has 0 saturated carbocycles. The van der Waals surface area contributed by atoms with Crippen LogP contribution in [0, 0.1) is 0 Å². The quantitative estimate of drug-likeness (QED) is 0.323. The molecule has 4 aromatic rings. The van der Waals surface area contributed by atoms with E-state index in [4.69, 9.17) is 0 Å². The van der Waals surface area contributed by atoms with Gasteiger partial charge in [-0.1, -0.05) is 45.9 Å². The molecule has 4 rings (SSSR count). The fraction of sp³-hybridized carbons (Fsp3) is 0.429. The molecule has 0 unspecified atom stereocenters. The first-order valence-corrected chi connectivity index (χ1v) is 11.4. The fourth-order valence-electron chi connectivity index (χ4n) is 4.16. The molecule has 0 aliphatic heterocycles. The third-order valence-electron chi connectivity index (χ3n) is 5.94. The number of aromatic nitrogens is 2. The molecule has 0 amide bonds. The molecule has 2 aromatic carbocycles. The van der Waals surface area contributed by atoms with Crippen molar-refractivity contribution >= 4 is 21.8 Å². The van der Waals surface area contributed by atoms with Gasteiger partial charge in [-0.3, -0.25) is 0 Å². The highest BCUT2D eigenvalue weighted by Crippen LogP contribution is 2.28. The van der Waals surface area contributed by atoms with Crippen LogP contribution in [0.2, 0.25) is 0 Å². The Labute approximate surface area is 182 Å². The average Bonchev–Trinajstić information content (AvgIpc) is 3.31. The number of fused-ring (bicyclic) bond motifs is 2. The largest absolute Gasteiger partial charge is 0.345 e. The highest BCUT2D eigenvalue weighted by molar-refractivity contribution is 5.84. The summed E-state index contributed by atoms with van der Waals surface area (Å²) in [5.41, 5.74) is 5.57. The van der Waals surface area contributed by atoms with Gasteiger partial charge in [0.2, 0.25) is 0 Å². The van der Waals surface area contributed by atoms with E-state index < -0.39 is 0 Å². The van der Waals surface area contributed by atoms with Crippen LogP contribution in [0.1, 0.15) is 90.4 Å². The molecule has 2 heteroatoms. The number of hydrogen-bond acceptors (Lipinski definition) is 0. The second-order valence-corrected chi connectivity index (χ2v) is 9.54. The van der Waals surface area contributed by atoms with E-state index in [1.165, 1.54) is 32.9 Å². The van der Waals surface area contributed by atoms with Gasteiger partial charge in [-0.25, -0.2) is 0 Å². The van der Waals surface area contributed by atoms with Crippen molar-refractivity contribution in [3.8, 4) is 0 Å². The van der Waals surface area contributed by atoms with Crippen molar-refractivity contribution in [2.45, 2.75) is 79.3 Å². The van der Waals surface area contributed by atoms with Gasteiger partial charge in [0.15, 0.2) is 0 Å². The van der Waals surface area contributed by atoms with Gasteiger partial charge in [-0.2, -0.15) is 0 Å². The van der Waals surface area contributed by atoms with Crippen LogP contribution in [-0.4, -0.2) is 9.13 Å². The SMILES string of the molecule is CC(C)c1ccc2c(ccn2C(C)C)c1.CC(C)c1cccc2c1ccn2C(C)C. The van der Waals surface area contributed by atoms with Crippen LogP contribution < -0.4 is 0 Å². The van der Waals surface area contributed by atoms with E-state index in [0.29, 0.717) is 23.9 Å². The van der Waals surface area contributed by atoms with E-state index in [1.54, 1.807) is 0 Å². The summed E-state index contributed by atoms with van der Waals surface area (Å²) in [4.78, 5) is 0. The Hall–Kier alpha value is -2.48. The number of nitrogens with zero attached hydrogens (tertiary/aromatic N) is 2. The molecule has 0 aliphatic carbocycles. The smallest absolute Gasteiger partial charge is 0.0485 e. The van der Waals surface area contributed by atoms with Crippen LogP contribution >= 0.6 is 0 Å². The van der Waals surface area contributed by atoms with Crippen molar-refractivity contribution in [1.29, 1.82) is 0 Å². The van der Waals surface area contributed by atoms with Crippen LogP contribution in [0.15, 0.2) is 60.9 Å². The molecule has 160 valence electrons. The Morgan fingerprint density at radius 1 is 0.600 bits per heavy atom. The molecular formula is C28H38N2. The minimum atomic E-state index is 0.532. The van der Waals surface area contributed by atoms with Crippen LogP contribution in [-0.2, 0) is 0 Å². The average molecular weight is 403 g/mol. The van der Waals surface area contributed by atoms with Gasteiger partial charge in [-0.05, 0) is 86.4 Å². The molecule has 0 aliphatic rings. The second-order valence-electron chi connectivity index (χ2n) is 9.54. The Morgan fingerprint density at radius 3 is 1.83 bits per heavy atom. The first-order chi connectivity index (χ1) is 14.2. The zero-order valence-electron chi connectivity index (χ0n) is 20.0. The van der Waals surface area contributed by atoms with Gasteiger partial charge >= 0.3 is 0 Å². The van der Waals surface area contributed by atoms with Crippen LogP contribution in [0.25, 0.3) is 21.8 Å². The summed E-state index contributed by atoms with van der Waals surface area (Å²) in [6, 6.07) is 18.9. The predicted octanol–water partition coefficient (Wildman–Crippen LogP) is 8.69. The third kappa shape index (κ3) is 4.48. The second kappa shape index (κ2) is 9.12. The molecule has 2 heterocycles. The molecule has 0 fully saturated rings. The molecule has 0 bridgehead atoms. The molecule has 0 N–H and O–H groups in total. The van der Waals surface area contributed by atoms with Crippen molar-refractivity contribution in [2.75, 3.05) is 0 Å². The van der Waals surface area contributed by atoms with Gasteiger partial charge in [0.1, 0.15) is 0 Å². The van der Waals surface area contributed by atoms with Crippen molar-refractivity contribution in [1.82, 2.24) is 9.13 Å². The standard InChI is InChI=1S/2C14H19N/c1-10(2)12-5-6-14-13(9-12)7-8-15(14)11(3)4;1-10(2)12-6-5-7-14-13(12)8-9-15(14)11(3)4/h2*5-11H,1-4H3. The summed E-state index contributed by atoms with van der Waals surface area (Å²) < 4.78 is 4.65. The van der Waals surface area contributed by atoms with Crippen LogP contribution in [0.5, 0.6) is 0 Å². The summed E-state index contributed by atoms with van der Waals surface area (Å²) >= 11 is 0. The molecular weight excluding hydrogens is 364 g/mol. The summed E-state index contributed by atoms with van der Waals surface area (Å²) in [5, 5.41) is 2.76. The first-order valence-electron chi connectivity index (χ1n) is 11.4. The maximum Gasteiger partial charge on any atom is 0.0485 e. The lowest BCUT2D eigenvalue weighted by Crippen LogP contribution is -1.98. The van der Waals surface area contributed by atoms with Gasteiger partial charge < -0.3 is 9.13 Å². The van der Waals surface area contributed by atoms with E-state index in [-0.39, 0.29) is 0 Å². The van der Waals surface area contributed by atoms with Crippen LogP contribution in [0.4, 0.5) is 0 Å². The number of benzene rings is 2. The lowest BCUT2D eigenvalue weighted by molar-refractivity contribution is 0.623. The number of rotatable bonds is 4. The molecule has 0 spiro atoms. The maximum atomic E-state index is 2.33. The Bertz CT molecular complexity index is 1110. The van der Waals surface area contributed by atoms with Gasteiger partial charge in [0, 0.05) is 40.9 Å². The molecule has 2 aromatic heterocycles. The topological polar surface area (TPSA) is 9.86 Å². The van der Waals surface area contributed by atoms with E-state index in [0.717, 1.165) is 0 Å². The van der Waals surface area contributed by atoms with Crippen molar-refractivity contribution in [3.05, 3.63) is 72.1 Å². The normalized spacial score (nSPS) is 11.9. The Morgan fingerprint density at radius 2 is 1.23 bits per heavy atom. The third-order valence-corrected chi connectivity index (χ3v) is 5.94. The first kappa shape index (κ1) is 22.2. The summed E-state index contributed by atoms with van der Waals surface area (Å²) in [6.45, 7) is 17.9. The highest BCUT2D eigenvalue weighted by Gasteiger charge is 2.09. The molecule has 0 saturated heterocycles. The lowest BCUT2D eigenvalue weighted by atomic mass is 9.99. The fourth-order valence-corrected chi connectivity index (χ4v) is 4.16. The van der Waals surface area contributed by atoms with E-state index >= 15 is 0 Å². The summed E-state index contributed by atoms with van der Waals surface area (Å²) in [6.07, 6.45) is 4.38. The van der Waals surface area contributed by atoms with E-state index in [9.17, 15) is 0 Å². The van der Waals surface area contributed by atoms with Crippen LogP contribution in [0.3, 0.4) is 0 Å². The Balaban J connectivity index is 0.000000171. The van der Waals surface area contributed by atoms with Crippen molar-refractivity contribution < 1.29 is 0 Å². The molecule has 2 nitrogen and oxygen atoms in total. The molecule has 0 atom stereocenters. The zero-order chi connectivity index (χ0) is 22.0. The predicted molar refractivity (Wildman–Crippen MR) is 133 cm³/mol. The number of hydrogen-bond donors (Lipinski definition) is 0. The zero-order valence-corrected chi connectivity index (χ0v) is 20.0. The van der Waals surface area contributed by atoms with Crippen molar-refractivity contribution in [3.63, 3.8) is 0 Å². The van der Waals surface area contributed by atoms with Gasteiger partial charge in [0.25, 0.3) is 0 Å². The van der Waals surface area contributed by atoms with E-state index in [1.807, 2.05) is 0 Å². The summed E-state index contributed by atoms with van der Waals surface area (Å²) in [7, 11) is 0. The Kier molecular flexibility index (Phi) is 6.75. The van der Waals surface area contributed by atoms with Gasteiger partial charge in [0.05, 0.1) is 0 Å². The molecule has 30 heavy (non-hydrogen) atoms. The minimum Gasteiger partial charge on any atom is -0.345 e. The monoisotopic (exact) mass is 402 g/mol. The summed E-state index contributed by atoms with van der Waals surface area (Å²) in [5.74, 6) is 1.20. The van der Waals surface area contributed by atoms with Crippen molar-refractivity contribution in [2.24, 2.45) is 0 Å². The molecule has 0 radical (unpaired) electrons. The maximum absolute atomic E-state index is 2.33. The van der Waals surface area contributed by atoms with Gasteiger partial charge in [-0.15, -0.1) is 0 Å².